The van der Waals surface area contributed by atoms with Crippen molar-refractivity contribution in [2.45, 2.75) is 39.7 Å². The molecule has 0 aliphatic heterocycles. The van der Waals surface area contributed by atoms with E-state index in [-0.39, 0.29) is 18.5 Å². The molecule has 1 rings (SSSR count). The molecule has 0 bridgehead atoms. The minimum absolute atomic E-state index is 0.109. The van der Waals surface area contributed by atoms with E-state index < -0.39 is 5.97 Å². The van der Waals surface area contributed by atoms with Crippen molar-refractivity contribution in [2.75, 3.05) is 12.4 Å². The van der Waals surface area contributed by atoms with Crippen LogP contribution in [0, 0.1) is 5.92 Å². The standard InChI is InChI=1S/C16H24N2O3/c1-11(2)9-12(3)18(4)16(21)17-14-8-6-5-7-13(14)10-15(19)20/h5-8,11-12H,9-10H2,1-4H3,(H,17,21)(H,19,20). The first-order valence-corrected chi connectivity index (χ1v) is 7.14. The van der Waals surface area contributed by atoms with Crippen LogP contribution >= 0.6 is 0 Å². The lowest BCUT2D eigenvalue weighted by molar-refractivity contribution is -0.136. The lowest BCUT2D eigenvalue weighted by atomic mass is 10.0. The van der Waals surface area contributed by atoms with Gasteiger partial charge in [-0.1, -0.05) is 32.0 Å². The Bertz CT molecular complexity index is 500. The molecule has 1 atom stereocenters. The summed E-state index contributed by atoms with van der Waals surface area (Å²) < 4.78 is 0. The highest BCUT2D eigenvalue weighted by molar-refractivity contribution is 5.91. The molecule has 2 amide bonds. The molecule has 0 heterocycles. The average Bonchev–Trinajstić information content (AvgIpc) is 2.38. The summed E-state index contributed by atoms with van der Waals surface area (Å²) in [5.41, 5.74) is 1.15. The van der Waals surface area contributed by atoms with Crippen LogP contribution in [0.5, 0.6) is 0 Å². The maximum Gasteiger partial charge on any atom is 0.321 e. The first-order valence-electron chi connectivity index (χ1n) is 7.14. The summed E-state index contributed by atoms with van der Waals surface area (Å²) in [5, 5.41) is 11.7. The maximum atomic E-state index is 12.2. The highest BCUT2D eigenvalue weighted by atomic mass is 16.4. The molecule has 21 heavy (non-hydrogen) atoms. The predicted molar refractivity (Wildman–Crippen MR) is 83.5 cm³/mol. The molecule has 1 aromatic rings. The Morgan fingerprint density at radius 2 is 1.86 bits per heavy atom. The SMILES string of the molecule is CC(C)CC(C)N(C)C(=O)Nc1ccccc1CC(=O)O. The number of nitrogens with zero attached hydrogens (tertiary/aromatic N) is 1. The largest absolute Gasteiger partial charge is 0.481 e. The van der Waals surface area contributed by atoms with E-state index in [0.29, 0.717) is 17.2 Å². The molecule has 0 spiro atoms. The Morgan fingerprint density at radius 1 is 1.24 bits per heavy atom. The van der Waals surface area contributed by atoms with Gasteiger partial charge in [-0.3, -0.25) is 4.79 Å². The predicted octanol–water partition coefficient (Wildman–Crippen LogP) is 3.21. The molecule has 0 saturated heterocycles. The van der Waals surface area contributed by atoms with Crippen LogP contribution in [0.3, 0.4) is 0 Å². The monoisotopic (exact) mass is 292 g/mol. The second-order valence-electron chi connectivity index (χ2n) is 5.75. The van der Waals surface area contributed by atoms with Crippen LogP contribution in [0.1, 0.15) is 32.8 Å². The molecular weight excluding hydrogens is 268 g/mol. The van der Waals surface area contributed by atoms with Gasteiger partial charge >= 0.3 is 12.0 Å². The molecular formula is C16H24N2O3. The minimum atomic E-state index is -0.918. The van der Waals surface area contributed by atoms with Gasteiger partial charge in [-0.05, 0) is 30.9 Å². The molecule has 5 heteroatoms. The topological polar surface area (TPSA) is 69.6 Å². The molecule has 116 valence electrons. The summed E-state index contributed by atoms with van der Waals surface area (Å²) in [4.78, 5) is 24.7. The van der Waals surface area contributed by atoms with Crippen LogP contribution in [0.2, 0.25) is 0 Å². The van der Waals surface area contributed by atoms with Gasteiger partial charge in [0.15, 0.2) is 0 Å². The Balaban J connectivity index is 2.76. The first-order chi connectivity index (χ1) is 9.81. The summed E-state index contributed by atoms with van der Waals surface area (Å²) >= 11 is 0. The number of amides is 2. The smallest absolute Gasteiger partial charge is 0.321 e. The Kier molecular flexibility index (Phi) is 6.21. The fourth-order valence-corrected chi connectivity index (χ4v) is 2.20. The number of carboxylic acid groups (broad SMARTS) is 1. The molecule has 0 aromatic heterocycles. The number of para-hydroxylation sites is 1. The number of carboxylic acids is 1. The van der Waals surface area contributed by atoms with Crippen molar-refractivity contribution in [3.63, 3.8) is 0 Å². The zero-order chi connectivity index (χ0) is 16.0. The van der Waals surface area contributed by atoms with E-state index in [1.807, 2.05) is 6.92 Å². The van der Waals surface area contributed by atoms with E-state index in [9.17, 15) is 9.59 Å². The summed E-state index contributed by atoms with van der Waals surface area (Å²) in [5.74, 6) is -0.409. The summed E-state index contributed by atoms with van der Waals surface area (Å²) in [6.45, 7) is 6.23. The van der Waals surface area contributed by atoms with Crippen LogP contribution in [0.15, 0.2) is 24.3 Å². The van der Waals surface area contributed by atoms with Crippen molar-refractivity contribution in [1.29, 1.82) is 0 Å². The number of anilines is 1. The van der Waals surface area contributed by atoms with E-state index in [0.717, 1.165) is 6.42 Å². The van der Waals surface area contributed by atoms with Gasteiger partial charge in [0.25, 0.3) is 0 Å². The third-order valence-corrected chi connectivity index (χ3v) is 3.39. The molecule has 0 aliphatic rings. The third kappa shape index (κ3) is 5.45. The number of benzene rings is 1. The Hall–Kier alpha value is -2.04. The van der Waals surface area contributed by atoms with Gasteiger partial charge in [-0.25, -0.2) is 4.79 Å². The number of rotatable bonds is 6. The second-order valence-corrected chi connectivity index (χ2v) is 5.75. The van der Waals surface area contributed by atoms with Crippen LogP contribution in [-0.2, 0) is 11.2 Å². The van der Waals surface area contributed by atoms with Crippen LogP contribution in [0.4, 0.5) is 10.5 Å². The average molecular weight is 292 g/mol. The van der Waals surface area contributed by atoms with Crippen molar-refractivity contribution in [3.8, 4) is 0 Å². The summed E-state index contributed by atoms with van der Waals surface area (Å²) in [7, 11) is 1.75. The highest BCUT2D eigenvalue weighted by Gasteiger charge is 2.18. The molecule has 5 nitrogen and oxygen atoms in total. The maximum absolute atomic E-state index is 12.2. The molecule has 0 fully saturated rings. The number of nitrogens with one attached hydrogen (secondary N) is 1. The van der Waals surface area contributed by atoms with Crippen molar-refractivity contribution in [3.05, 3.63) is 29.8 Å². The van der Waals surface area contributed by atoms with E-state index in [4.69, 9.17) is 5.11 Å². The van der Waals surface area contributed by atoms with Crippen molar-refractivity contribution in [1.82, 2.24) is 4.90 Å². The molecule has 2 N–H and O–H groups in total. The van der Waals surface area contributed by atoms with Gasteiger partial charge in [-0.2, -0.15) is 0 Å². The van der Waals surface area contributed by atoms with Crippen molar-refractivity contribution in [2.24, 2.45) is 5.92 Å². The van der Waals surface area contributed by atoms with Gasteiger partial charge in [0.1, 0.15) is 0 Å². The Labute approximate surface area is 126 Å². The lowest BCUT2D eigenvalue weighted by Gasteiger charge is -2.27. The zero-order valence-electron chi connectivity index (χ0n) is 13.1. The first kappa shape index (κ1) is 17.0. The highest BCUT2D eigenvalue weighted by Crippen LogP contribution is 2.17. The van der Waals surface area contributed by atoms with E-state index in [1.54, 1.807) is 36.2 Å². The van der Waals surface area contributed by atoms with Gasteiger partial charge in [0.2, 0.25) is 0 Å². The molecule has 0 aliphatic carbocycles. The fourth-order valence-electron chi connectivity index (χ4n) is 2.20. The second kappa shape index (κ2) is 7.67. The fraction of sp³-hybridized carbons (Fsp3) is 0.500. The number of urea groups is 1. The van der Waals surface area contributed by atoms with Gasteiger partial charge in [0.05, 0.1) is 6.42 Å². The van der Waals surface area contributed by atoms with Crippen LogP contribution in [0.25, 0.3) is 0 Å². The minimum Gasteiger partial charge on any atom is -0.481 e. The number of aliphatic carboxylic acids is 1. The number of carbonyl (C=O) groups is 2. The molecule has 1 aromatic carbocycles. The van der Waals surface area contributed by atoms with Gasteiger partial charge in [-0.15, -0.1) is 0 Å². The van der Waals surface area contributed by atoms with Crippen LogP contribution < -0.4 is 5.32 Å². The Morgan fingerprint density at radius 3 is 2.43 bits per heavy atom. The molecule has 0 radical (unpaired) electrons. The van der Waals surface area contributed by atoms with E-state index in [2.05, 4.69) is 19.2 Å². The van der Waals surface area contributed by atoms with E-state index >= 15 is 0 Å². The van der Waals surface area contributed by atoms with Crippen molar-refractivity contribution >= 4 is 17.7 Å². The molecule has 1 unspecified atom stereocenters. The quantitative estimate of drug-likeness (QED) is 0.845. The number of hydrogen-bond acceptors (Lipinski definition) is 2. The lowest BCUT2D eigenvalue weighted by Crippen LogP contribution is -2.39. The molecule has 0 saturated carbocycles. The van der Waals surface area contributed by atoms with Crippen molar-refractivity contribution < 1.29 is 14.7 Å². The summed E-state index contributed by atoms with van der Waals surface area (Å²) in [6.07, 6.45) is 0.808. The summed E-state index contributed by atoms with van der Waals surface area (Å²) in [6, 6.07) is 6.87. The number of hydrogen-bond donors (Lipinski definition) is 2. The number of carbonyl (C=O) groups excluding carboxylic acids is 1. The van der Waals surface area contributed by atoms with Crippen LogP contribution in [-0.4, -0.2) is 35.1 Å². The van der Waals surface area contributed by atoms with E-state index in [1.165, 1.54) is 0 Å². The zero-order valence-corrected chi connectivity index (χ0v) is 13.1. The normalized spacial score (nSPS) is 12.0. The van der Waals surface area contributed by atoms with Gasteiger partial charge < -0.3 is 15.3 Å². The van der Waals surface area contributed by atoms with Gasteiger partial charge in [0, 0.05) is 18.8 Å². The third-order valence-electron chi connectivity index (χ3n) is 3.39.